The molecule has 0 spiro atoms. The molecule has 2 nitrogen and oxygen atoms in total. The van der Waals surface area contributed by atoms with Crippen LogP contribution in [0.3, 0.4) is 0 Å². The monoisotopic (exact) mass is 272 g/mol. The van der Waals surface area contributed by atoms with E-state index in [0.717, 1.165) is 24.4 Å². The normalized spacial score (nSPS) is 22.2. The van der Waals surface area contributed by atoms with E-state index in [4.69, 9.17) is 10.7 Å². The Kier molecular flexibility index (Phi) is 3.31. The van der Waals surface area contributed by atoms with Gasteiger partial charge in [-0.3, -0.25) is 0 Å². The highest BCUT2D eigenvalue weighted by Crippen LogP contribution is 2.38. The van der Waals surface area contributed by atoms with Crippen molar-refractivity contribution in [1.29, 1.82) is 0 Å². The smallest absolute Gasteiger partial charge is 0.0975 e. The van der Waals surface area contributed by atoms with E-state index in [1.165, 1.54) is 27.6 Å². The van der Waals surface area contributed by atoms with Gasteiger partial charge in [0.1, 0.15) is 0 Å². The highest BCUT2D eigenvalue weighted by Gasteiger charge is 2.25. The summed E-state index contributed by atoms with van der Waals surface area (Å²) in [5.41, 5.74) is 9.19. The Morgan fingerprint density at radius 1 is 1.26 bits per heavy atom. The first-order chi connectivity index (χ1) is 9.11. The summed E-state index contributed by atoms with van der Waals surface area (Å²) >= 11 is 1.90. The Morgan fingerprint density at radius 3 is 2.74 bits per heavy atom. The number of fused-ring (bicyclic) bond motifs is 1. The summed E-state index contributed by atoms with van der Waals surface area (Å²) < 4.78 is 0. The fraction of sp³-hybridized carbons (Fsp3) is 0.438. The zero-order chi connectivity index (χ0) is 13.4. The Bertz CT molecular complexity index is 571. The van der Waals surface area contributed by atoms with Crippen LogP contribution in [0.4, 0.5) is 5.69 Å². The number of rotatable bonds is 2. The maximum atomic E-state index is 5.72. The van der Waals surface area contributed by atoms with Gasteiger partial charge in [0.25, 0.3) is 0 Å². The van der Waals surface area contributed by atoms with Crippen LogP contribution in [0.1, 0.15) is 47.3 Å². The Morgan fingerprint density at radius 2 is 2.00 bits per heavy atom. The number of benzene rings is 1. The van der Waals surface area contributed by atoms with E-state index in [9.17, 15) is 0 Å². The quantitative estimate of drug-likeness (QED) is 0.839. The topological polar surface area (TPSA) is 38.9 Å². The van der Waals surface area contributed by atoms with E-state index < -0.39 is 0 Å². The first-order valence-electron chi connectivity index (χ1n) is 6.94. The SMILES string of the molecule is CC1Cc2nc(Cc3ccc(N)cc3)sc2C(C)C1. The van der Waals surface area contributed by atoms with Crippen LogP contribution in [0.5, 0.6) is 0 Å². The second-order valence-electron chi connectivity index (χ2n) is 5.78. The van der Waals surface area contributed by atoms with Crippen molar-refractivity contribution in [2.75, 3.05) is 5.73 Å². The first kappa shape index (κ1) is 12.7. The second kappa shape index (κ2) is 4.97. The Balaban J connectivity index is 1.83. The van der Waals surface area contributed by atoms with Gasteiger partial charge >= 0.3 is 0 Å². The summed E-state index contributed by atoms with van der Waals surface area (Å²) in [5, 5.41) is 1.25. The molecule has 2 aromatic rings. The van der Waals surface area contributed by atoms with Crippen LogP contribution in [0.2, 0.25) is 0 Å². The predicted octanol–water partition coefficient (Wildman–Crippen LogP) is 4.00. The van der Waals surface area contributed by atoms with Crippen LogP contribution >= 0.6 is 11.3 Å². The molecule has 0 aliphatic heterocycles. The molecule has 2 atom stereocenters. The molecular weight excluding hydrogens is 252 g/mol. The molecule has 0 fully saturated rings. The van der Waals surface area contributed by atoms with Crippen molar-refractivity contribution in [3.8, 4) is 0 Å². The van der Waals surface area contributed by atoms with Gasteiger partial charge in [0.05, 0.1) is 10.7 Å². The molecule has 0 amide bonds. The zero-order valence-corrected chi connectivity index (χ0v) is 12.3. The number of nitrogen functional groups attached to an aromatic ring is 1. The number of nitrogens with zero attached hydrogens (tertiary/aromatic N) is 1. The molecule has 0 bridgehead atoms. The van der Waals surface area contributed by atoms with E-state index in [-0.39, 0.29) is 0 Å². The lowest BCUT2D eigenvalue weighted by molar-refractivity contribution is 0.449. The molecule has 0 saturated heterocycles. The predicted molar refractivity (Wildman–Crippen MR) is 81.7 cm³/mol. The maximum Gasteiger partial charge on any atom is 0.0975 e. The molecule has 1 aromatic heterocycles. The van der Waals surface area contributed by atoms with Crippen molar-refractivity contribution in [2.45, 2.75) is 39.0 Å². The molecule has 1 aliphatic rings. The summed E-state index contributed by atoms with van der Waals surface area (Å²) in [4.78, 5) is 6.37. The standard InChI is InChI=1S/C16H20N2S/c1-10-7-11(2)16-14(8-10)18-15(19-16)9-12-3-5-13(17)6-4-12/h3-6,10-11H,7-9,17H2,1-2H3. The largest absolute Gasteiger partial charge is 0.399 e. The lowest BCUT2D eigenvalue weighted by Crippen LogP contribution is -2.13. The third-order valence-electron chi connectivity index (χ3n) is 3.85. The molecule has 1 aliphatic carbocycles. The number of aromatic nitrogens is 1. The van der Waals surface area contributed by atoms with Crippen LogP contribution in [-0.2, 0) is 12.8 Å². The minimum atomic E-state index is 0.677. The number of anilines is 1. The van der Waals surface area contributed by atoms with Crippen molar-refractivity contribution in [2.24, 2.45) is 5.92 Å². The molecular formula is C16H20N2S. The summed E-state index contributed by atoms with van der Waals surface area (Å²) in [6, 6.07) is 8.13. The van der Waals surface area contributed by atoms with E-state index in [0.29, 0.717) is 5.92 Å². The van der Waals surface area contributed by atoms with Crippen molar-refractivity contribution < 1.29 is 0 Å². The molecule has 1 aromatic carbocycles. The zero-order valence-electron chi connectivity index (χ0n) is 11.5. The Hall–Kier alpha value is -1.35. The Labute approximate surface area is 118 Å². The molecule has 1 heterocycles. The fourth-order valence-corrected chi connectivity index (χ4v) is 4.15. The second-order valence-corrected chi connectivity index (χ2v) is 6.90. The minimum Gasteiger partial charge on any atom is -0.399 e. The fourth-order valence-electron chi connectivity index (χ4n) is 2.96. The molecule has 0 saturated carbocycles. The van der Waals surface area contributed by atoms with E-state index in [1.54, 1.807) is 0 Å². The average Bonchev–Trinajstić information content (AvgIpc) is 2.75. The van der Waals surface area contributed by atoms with Crippen LogP contribution in [-0.4, -0.2) is 4.98 Å². The first-order valence-corrected chi connectivity index (χ1v) is 7.76. The number of nitrogens with two attached hydrogens (primary N) is 1. The van der Waals surface area contributed by atoms with Crippen molar-refractivity contribution in [1.82, 2.24) is 4.98 Å². The van der Waals surface area contributed by atoms with Gasteiger partial charge in [-0.1, -0.05) is 26.0 Å². The van der Waals surface area contributed by atoms with Crippen molar-refractivity contribution in [3.63, 3.8) is 0 Å². The highest BCUT2D eigenvalue weighted by molar-refractivity contribution is 7.11. The molecule has 19 heavy (non-hydrogen) atoms. The van der Waals surface area contributed by atoms with Gasteiger partial charge in [-0.25, -0.2) is 4.98 Å². The lowest BCUT2D eigenvalue weighted by Gasteiger charge is -2.22. The summed E-state index contributed by atoms with van der Waals surface area (Å²) in [5.74, 6) is 1.45. The molecule has 100 valence electrons. The van der Waals surface area contributed by atoms with Gasteiger partial charge in [0.15, 0.2) is 0 Å². The third-order valence-corrected chi connectivity index (χ3v) is 5.18. The summed E-state index contributed by atoms with van der Waals surface area (Å²) in [7, 11) is 0. The van der Waals surface area contributed by atoms with Crippen LogP contribution in [0, 0.1) is 5.92 Å². The van der Waals surface area contributed by atoms with Gasteiger partial charge in [-0.15, -0.1) is 11.3 Å². The molecule has 2 N–H and O–H groups in total. The molecule has 2 unspecified atom stereocenters. The lowest BCUT2D eigenvalue weighted by atomic mass is 9.86. The number of hydrogen-bond donors (Lipinski definition) is 1. The third kappa shape index (κ3) is 2.66. The number of thiazole rings is 1. The highest BCUT2D eigenvalue weighted by atomic mass is 32.1. The average molecular weight is 272 g/mol. The van der Waals surface area contributed by atoms with Gasteiger partial charge in [-0.05, 0) is 42.4 Å². The molecule has 0 radical (unpaired) electrons. The van der Waals surface area contributed by atoms with Gasteiger partial charge in [-0.2, -0.15) is 0 Å². The van der Waals surface area contributed by atoms with Crippen LogP contribution in [0.15, 0.2) is 24.3 Å². The summed E-state index contributed by atoms with van der Waals surface area (Å²) in [6.07, 6.45) is 3.38. The maximum absolute atomic E-state index is 5.72. The summed E-state index contributed by atoms with van der Waals surface area (Å²) in [6.45, 7) is 4.66. The number of hydrogen-bond acceptors (Lipinski definition) is 3. The minimum absolute atomic E-state index is 0.677. The van der Waals surface area contributed by atoms with Gasteiger partial charge in [0, 0.05) is 17.0 Å². The van der Waals surface area contributed by atoms with Crippen LogP contribution in [0.25, 0.3) is 0 Å². The molecule has 3 heteroatoms. The van der Waals surface area contributed by atoms with E-state index >= 15 is 0 Å². The van der Waals surface area contributed by atoms with Crippen molar-refractivity contribution in [3.05, 3.63) is 45.4 Å². The van der Waals surface area contributed by atoms with E-state index in [1.807, 2.05) is 23.5 Å². The van der Waals surface area contributed by atoms with Crippen molar-refractivity contribution >= 4 is 17.0 Å². The van der Waals surface area contributed by atoms with E-state index in [2.05, 4.69) is 26.0 Å². The van der Waals surface area contributed by atoms with Gasteiger partial charge in [0.2, 0.25) is 0 Å². The van der Waals surface area contributed by atoms with Crippen LogP contribution < -0.4 is 5.73 Å². The molecule has 3 rings (SSSR count). The van der Waals surface area contributed by atoms with Gasteiger partial charge < -0.3 is 5.73 Å².